The lowest BCUT2D eigenvalue weighted by atomic mass is 10.3. The Morgan fingerprint density at radius 3 is 2.58 bits per heavy atom. The van der Waals surface area contributed by atoms with Crippen LogP contribution in [0.3, 0.4) is 0 Å². The van der Waals surface area contributed by atoms with Crippen molar-refractivity contribution in [3.63, 3.8) is 0 Å². The highest BCUT2D eigenvalue weighted by Gasteiger charge is 2.27. The molecule has 1 aromatic heterocycles. The third kappa shape index (κ3) is 2.21. The van der Waals surface area contributed by atoms with Gasteiger partial charge in [0.05, 0.1) is 0 Å². The molecule has 68 valence electrons. The van der Waals surface area contributed by atoms with Gasteiger partial charge in [-0.3, -0.25) is 0 Å². The maximum Gasteiger partial charge on any atom is 0.289 e. The predicted octanol–water partition coefficient (Wildman–Crippen LogP) is 1.91. The van der Waals surface area contributed by atoms with Crippen LogP contribution >= 0.6 is 34.8 Å². The molecule has 0 bridgehead atoms. The van der Waals surface area contributed by atoms with E-state index in [2.05, 4.69) is 15.5 Å². The average molecular weight is 229 g/mol. The van der Waals surface area contributed by atoms with E-state index in [1.165, 1.54) is 4.68 Å². The Balaban J connectivity index is 2.91. The predicted molar refractivity (Wildman–Crippen MR) is 47.3 cm³/mol. The number of aromatic nitrogens is 4. The van der Waals surface area contributed by atoms with Gasteiger partial charge in [0.15, 0.2) is 5.82 Å². The molecule has 7 heteroatoms. The van der Waals surface area contributed by atoms with Crippen molar-refractivity contribution in [3.05, 3.63) is 5.82 Å². The summed E-state index contributed by atoms with van der Waals surface area (Å²) < 4.78 is -0.408. The van der Waals surface area contributed by atoms with Gasteiger partial charge in [0.2, 0.25) is 0 Å². The van der Waals surface area contributed by atoms with Gasteiger partial charge >= 0.3 is 0 Å². The van der Waals surface area contributed by atoms with E-state index in [0.29, 0.717) is 12.2 Å². The number of halogens is 3. The average Bonchev–Trinajstić information content (AvgIpc) is 2.34. The van der Waals surface area contributed by atoms with Crippen LogP contribution < -0.4 is 0 Å². The van der Waals surface area contributed by atoms with Gasteiger partial charge in [-0.15, -0.1) is 5.10 Å². The molecule has 0 spiro atoms. The van der Waals surface area contributed by atoms with E-state index < -0.39 is 3.92 Å². The van der Waals surface area contributed by atoms with Gasteiger partial charge in [-0.1, -0.05) is 41.7 Å². The van der Waals surface area contributed by atoms with E-state index in [-0.39, 0.29) is 0 Å². The highest BCUT2D eigenvalue weighted by atomic mass is 35.6. The Hall–Kier alpha value is -0.0600. The monoisotopic (exact) mass is 228 g/mol. The molecule has 1 heterocycles. The lowest BCUT2D eigenvalue weighted by Gasteiger charge is -2.11. The van der Waals surface area contributed by atoms with Crippen LogP contribution in [0.4, 0.5) is 0 Å². The second-order valence-corrected chi connectivity index (χ2v) is 4.45. The number of rotatable bonds is 2. The van der Waals surface area contributed by atoms with E-state index >= 15 is 0 Å². The highest BCUT2D eigenvalue weighted by Crippen LogP contribution is 2.31. The Bertz CT molecular complexity index is 253. The number of nitrogens with zero attached hydrogens (tertiary/aromatic N) is 4. The van der Waals surface area contributed by atoms with E-state index in [1.54, 1.807) is 0 Å². The minimum absolute atomic E-state index is 0.581. The molecule has 0 aliphatic rings. The topological polar surface area (TPSA) is 43.6 Å². The third-order valence-corrected chi connectivity index (χ3v) is 1.73. The molecule has 1 rings (SSSR count). The zero-order valence-corrected chi connectivity index (χ0v) is 8.60. The van der Waals surface area contributed by atoms with Crippen LogP contribution in [0.2, 0.25) is 0 Å². The van der Waals surface area contributed by atoms with Gasteiger partial charge < -0.3 is 0 Å². The van der Waals surface area contributed by atoms with Crippen molar-refractivity contribution in [2.24, 2.45) is 0 Å². The lowest BCUT2D eigenvalue weighted by molar-refractivity contribution is 0.601. The molecule has 0 amide bonds. The van der Waals surface area contributed by atoms with Crippen LogP contribution in [-0.2, 0) is 10.3 Å². The van der Waals surface area contributed by atoms with Gasteiger partial charge in [-0.25, -0.2) is 0 Å². The molecule has 1 aromatic rings. The fourth-order valence-electron chi connectivity index (χ4n) is 0.782. The number of aryl methyl sites for hydroxylation is 1. The Morgan fingerprint density at radius 1 is 1.42 bits per heavy atom. The molecule has 0 radical (unpaired) electrons. The molecule has 0 fully saturated rings. The molecule has 12 heavy (non-hydrogen) atoms. The van der Waals surface area contributed by atoms with Crippen LogP contribution in [0.1, 0.15) is 19.2 Å². The molecule has 0 aliphatic heterocycles. The smallest absolute Gasteiger partial charge is 0.180 e. The van der Waals surface area contributed by atoms with Gasteiger partial charge in [-0.05, 0) is 16.8 Å². The third-order valence-electron chi connectivity index (χ3n) is 1.25. The minimum Gasteiger partial charge on any atom is -0.180 e. The first-order valence-corrected chi connectivity index (χ1v) is 4.53. The van der Waals surface area contributed by atoms with Crippen molar-refractivity contribution in [3.8, 4) is 0 Å². The maximum atomic E-state index is 5.59. The molecule has 4 nitrogen and oxygen atoms in total. The first-order chi connectivity index (χ1) is 5.55. The van der Waals surface area contributed by atoms with Crippen molar-refractivity contribution in [2.75, 3.05) is 0 Å². The second-order valence-electron chi connectivity index (χ2n) is 2.22. The summed E-state index contributed by atoms with van der Waals surface area (Å²) in [6.07, 6.45) is 1.60. The zero-order chi connectivity index (χ0) is 9.19. The Labute approximate surface area is 84.8 Å². The largest absolute Gasteiger partial charge is 0.289 e. The van der Waals surface area contributed by atoms with E-state index in [0.717, 1.165) is 6.42 Å². The highest BCUT2D eigenvalue weighted by molar-refractivity contribution is 6.64. The summed E-state index contributed by atoms with van der Waals surface area (Å²) in [7, 11) is 0. The summed E-state index contributed by atoms with van der Waals surface area (Å²) in [5, 5.41) is 10.7. The molecule has 0 N–H and O–H groups in total. The van der Waals surface area contributed by atoms with Crippen LogP contribution in [-0.4, -0.2) is 20.2 Å². The summed E-state index contributed by atoms with van der Waals surface area (Å²) in [4.78, 5) is 0. The van der Waals surface area contributed by atoms with Gasteiger partial charge in [-0.2, -0.15) is 4.68 Å². The summed E-state index contributed by atoms with van der Waals surface area (Å²) >= 11 is 16.8. The molecule has 0 saturated heterocycles. The first-order valence-electron chi connectivity index (χ1n) is 3.40. The Morgan fingerprint density at radius 2 is 2.08 bits per heavy atom. The number of tetrazole rings is 1. The van der Waals surface area contributed by atoms with Crippen LogP contribution in [0.25, 0.3) is 0 Å². The Kier molecular flexibility index (Phi) is 3.15. The van der Waals surface area contributed by atoms with Gasteiger partial charge in [0.1, 0.15) is 0 Å². The second kappa shape index (κ2) is 3.77. The van der Waals surface area contributed by atoms with Crippen LogP contribution in [0.5, 0.6) is 0 Å². The zero-order valence-electron chi connectivity index (χ0n) is 6.34. The van der Waals surface area contributed by atoms with E-state index in [1.807, 2.05) is 6.92 Å². The van der Waals surface area contributed by atoms with Gasteiger partial charge in [0.25, 0.3) is 3.92 Å². The SMILES string of the molecule is CCCc1nnnn1C(Cl)(Cl)Cl. The number of hydrogen-bond acceptors (Lipinski definition) is 3. The molecular weight excluding hydrogens is 222 g/mol. The van der Waals surface area contributed by atoms with E-state index in [9.17, 15) is 0 Å². The molecule has 0 aliphatic carbocycles. The van der Waals surface area contributed by atoms with Crippen molar-refractivity contribution < 1.29 is 0 Å². The quantitative estimate of drug-likeness (QED) is 0.728. The molecule has 0 saturated carbocycles. The fourth-order valence-corrected chi connectivity index (χ4v) is 1.18. The van der Waals surface area contributed by atoms with Gasteiger partial charge in [0, 0.05) is 6.42 Å². The van der Waals surface area contributed by atoms with E-state index in [4.69, 9.17) is 34.8 Å². The van der Waals surface area contributed by atoms with Crippen molar-refractivity contribution in [1.82, 2.24) is 20.2 Å². The number of alkyl halides is 3. The molecule has 0 unspecified atom stereocenters. The normalized spacial score (nSPS) is 12.0. The number of hydrogen-bond donors (Lipinski definition) is 0. The van der Waals surface area contributed by atoms with Crippen molar-refractivity contribution in [2.45, 2.75) is 23.7 Å². The summed E-state index contributed by atoms with van der Waals surface area (Å²) in [6, 6.07) is 0. The molecular formula is C5H7Cl3N4. The summed E-state index contributed by atoms with van der Waals surface area (Å²) in [6.45, 7) is 2.00. The van der Waals surface area contributed by atoms with Crippen LogP contribution in [0, 0.1) is 0 Å². The summed E-state index contributed by atoms with van der Waals surface area (Å²) in [5.41, 5.74) is 0. The lowest BCUT2D eigenvalue weighted by Crippen LogP contribution is -2.17. The van der Waals surface area contributed by atoms with Crippen molar-refractivity contribution in [1.29, 1.82) is 0 Å². The van der Waals surface area contributed by atoms with Crippen molar-refractivity contribution >= 4 is 34.8 Å². The van der Waals surface area contributed by atoms with Crippen LogP contribution in [0.15, 0.2) is 0 Å². The maximum absolute atomic E-state index is 5.59. The summed E-state index contributed by atoms with van der Waals surface area (Å²) in [5.74, 6) is 0.581. The molecule has 0 atom stereocenters. The minimum atomic E-state index is -1.59. The fraction of sp³-hybridized carbons (Fsp3) is 0.800. The standard InChI is InChI=1S/C5H7Cl3N4/c1-2-3-4-9-10-11-12(4)5(6,7)8/h2-3H2,1H3. The molecule has 0 aromatic carbocycles. The first kappa shape index (κ1) is 10.0.